The topological polar surface area (TPSA) is 105 Å². The molecule has 3 N–H and O–H groups in total. The highest BCUT2D eigenvalue weighted by atomic mass is 16.5. The second-order valence-electron chi connectivity index (χ2n) is 7.16. The summed E-state index contributed by atoms with van der Waals surface area (Å²) in [6.45, 7) is 3.68. The maximum atomic E-state index is 12.8. The Hall–Kier alpha value is -3.35. The standard InChI is InChI=1S/C23H28N2O5/c1-3-16(2)20(22(27)28)25-21(26)19(14-17-10-6-4-7-11-17)24-23(29)30-15-18-12-8-5-9-13-18/h4-13,16,19-20H,3,14-15H2,1-2H3,(H,24,29)(H,25,26)(H,27,28)/t16-,19+,20+/m0/s1. The zero-order chi connectivity index (χ0) is 21.9. The predicted molar refractivity (Wildman–Crippen MR) is 113 cm³/mol. The first-order valence-corrected chi connectivity index (χ1v) is 9.95. The Bertz CT molecular complexity index is 826. The minimum Gasteiger partial charge on any atom is -0.480 e. The molecule has 0 radical (unpaired) electrons. The number of hydrogen-bond donors (Lipinski definition) is 3. The third-order valence-electron chi connectivity index (χ3n) is 4.88. The van der Waals surface area contributed by atoms with Gasteiger partial charge >= 0.3 is 12.1 Å². The van der Waals surface area contributed by atoms with E-state index in [2.05, 4.69) is 10.6 Å². The summed E-state index contributed by atoms with van der Waals surface area (Å²) in [7, 11) is 0. The summed E-state index contributed by atoms with van der Waals surface area (Å²) in [6.07, 6.45) is 0.0537. The van der Waals surface area contributed by atoms with Crippen molar-refractivity contribution in [1.82, 2.24) is 10.6 Å². The molecule has 0 aliphatic heterocycles. The Labute approximate surface area is 176 Å². The molecule has 0 aliphatic rings. The lowest BCUT2D eigenvalue weighted by Crippen LogP contribution is -2.54. The van der Waals surface area contributed by atoms with E-state index in [1.54, 1.807) is 6.92 Å². The van der Waals surface area contributed by atoms with Crippen LogP contribution in [0, 0.1) is 5.92 Å². The van der Waals surface area contributed by atoms with Gasteiger partial charge in [-0.1, -0.05) is 80.9 Å². The summed E-state index contributed by atoms with van der Waals surface area (Å²) >= 11 is 0. The molecule has 2 aromatic carbocycles. The van der Waals surface area contributed by atoms with Crippen LogP contribution in [0.15, 0.2) is 60.7 Å². The predicted octanol–water partition coefficient (Wildman–Crippen LogP) is 3.14. The number of carbonyl (C=O) groups is 3. The Kier molecular flexibility index (Phi) is 8.87. The van der Waals surface area contributed by atoms with Gasteiger partial charge in [-0.15, -0.1) is 0 Å². The van der Waals surface area contributed by atoms with Crippen LogP contribution in [0.5, 0.6) is 0 Å². The van der Waals surface area contributed by atoms with Gasteiger partial charge in [-0.05, 0) is 17.0 Å². The zero-order valence-corrected chi connectivity index (χ0v) is 17.2. The maximum absolute atomic E-state index is 12.8. The first-order chi connectivity index (χ1) is 14.4. The molecule has 30 heavy (non-hydrogen) atoms. The van der Waals surface area contributed by atoms with Gasteiger partial charge in [0.05, 0.1) is 0 Å². The fraction of sp³-hybridized carbons (Fsp3) is 0.348. The van der Waals surface area contributed by atoms with Crippen LogP contribution in [-0.2, 0) is 27.4 Å². The van der Waals surface area contributed by atoms with Gasteiger partial charge in [0.2, 0.25) is 5.91 Å². The molecule has 0 saturated heterocycles. The molecule has 3 atom stereocenters. The number of carboxylic acid groups (broad SMARTS) is 1. The summed E-state index contributed by atoms with van der Waals surface area (Å²) in [5, 5.41) is 14.6. The summed E-state index contributed by atoms with van der Waals surface area (Å²) in [6, 6.07) is 16.4. The average Bonchev–Trinajstić information content (AvgIpc) is 2.76. The Morgan fingerprint density at radius 2 is 1.50 bits per heavy atom. The number of rotatable bonds is 10. The third-order valence-corrected chi connectivity index (χ3v) is 4.88. The molecule has 0 aliphatic carbocycles. The van der Waals surface area contributed by atoms with E-state index in [-0.39, 0.29) is 18.9 Å². The molecule has 0 aromatic heterocycles. The molecule has 0 fully saturated rings. The van der Waals surface area contributed by atoms with Gasteiger partial charge in [-0.2, -0.15) is 0 Å². The van der Waals surface area contributed by atoms with Crippen molar-refractivity contribution in [3.8, 4) is 0 Å². The highest BCUT2D eigenvalue weighted by molar-refractivity contribution is 5.89. The van der Waals surface area contributed by atoms with Crippen LogP contribution in [0.4, 0.5) is 4.79 Å². The molecule has 7 nitrogen and oxygen atoms in total. The maximum Gasteiger partial charge on any atom is 0.408 e. The summed E-state index contributed by atoms with van der Waals surface area (Å²) < 4.78 is 5.22. The molecule has 2 rings (SSSR count). The van der Waals surface area contributed by atoms with Crippen LogP contribution < -0.4 is 10.6 Å². The van der Waals surface area contributed by atoms with E-state index in [4.69, 9.17) is 4.74 Å². The Balaban J connectivity index is 2.08. The molecule has 0 unspecified atom stereocenters. The van der Waals surface area contributed by atoms with Gasteiger partial charge in [-0.25, -0.2) is 9.59 Å². The van der Waals surface area contributed by atoms with Gasteiger partial charge in [-0.3, -0.25) is 4.79 Å². The largest absolute Gasteiger partial charge is 0.480 e. The molecule has 160 valence electrons. The second-order valence-corrected chi connectivity index (χ2v) is 7.16. The van der Waals surface area contributed by atoms with Crippen LogP contribution in [0.1, 0.15) is 31.4 Å². The number of benzene rings is 2. The summed E-state index contributed by atoms with van der Waals surface area (Å²) in [5.74, 6) is -1.93. The molecule has 2 amide bonds. The van der Waals surface area contributed by atoms with Crippen molar-refractivity contribution >= 4 is 18.0 Å². The van der Waals surface area contributed by atoms with Crippen molar-refractivity contribution in [1.29, 1.82) is 0 Å². The molecule has 7 heteroatoms. The second kappa shape index (κ2) is 11.6. The highest BCUT2D eigenvalue weighted by Crippen LogP contribution is 2.10. The lowest BCUT2D eigenvalue weighted by molar-refractivity contribution is -0.143. The van der Waals surface area contributed by atoms with E-state index in [0.29, 0.717) is 6.42 Å². The van der Waals surface area contributed by atoms with E-state index < -0.39 is 30.1 Å². The van der Waals surface area contributed by atoms with Crippen LogP contribution in [-0.4, -0.2) is 35.2 Å². The third kappa shape index (κ3) is 7.24. The normalized spacial score (nSPS) is 13.5. The quantitative estimate of drug-likeness (QED) is 0.556. The van der Waals surface area contributed by atoms with Crippen LogP contribution in [0.2, 0.25) is 0 Å². The number of aliphatic carboxylic acids is 1. The smallest absolute Gasteiger partial charge is 0.408 e. The van der Waals surface area contributed by atoms with Crippen molar-refractivity contribution < 1.29 is 24.2 Å². The minimum atomic E-state index is -1.11. The highest BCUT2D eigenvalue weighted by Gasteiger charge is 2.30. The fourth-order valence-electron chi connectivity index (χ4n) is 2.90. The van der Waals surface area contributed by atoms with Gasteiger partial charge < -0.3 is 20.5 Å². The molecular weight excluding hydrogens is 384 g/mol. The van der Waals surface area contributed by atoms with Crippen LogP contribution in [0.25, 0.3) is 0 Å². The molecule has 0 heterocycles. The lowest BCUT2D eigenvalue weighted by Gasteiger charge is -2.24. The number of amides is 2. The first-order valence-electron chi connectivity index (χ1n) is 9.95. The number of nitrogens with one attached hydrogen (secondary N) is 2. The van der Waals surface area contributed by atoms with Crippen molar-refractivity contribution in [3.05, 3.63) is 71.8 Å². The summed E-state index contributed by atoms with van der Waals surface area (Å²) in [4.78, 5) is 36.7. The van der Waals surface area contributed by atoms with Gasteiger partial charge in [0.15, 0.2) is 0 Å². The number of carboxylic acids is 1. The molecule has 2 aromatic rings. The fourth-order valence-corrected chi connectivity index (χ4v) is 2.90. The van der Waals surface area contributed by atoms with Crippen molar-refractivity contribution in [2.24, 2.45) is 5.92 Å². The number of alkyl carbamates (subject to hydrolysis) is 1. The Morgan fingerprint density at radius 1 is 0.933 bits per heavy atom. The van der Waals surface area contributed by atoms with Crippen molar-refractivity contribution in [2.45, 2.75) is 45.4 Å². The average molecular weight is 412 g/mol. The monoisotopic (exact) mass is 412 g/mol. The number of carbonyl (C=O) groups excluding carboxylic acids is 2. The minimum absolute atomic E-state index is 0.0664. The van der Waals surface area contributed by atoms with E-state index in [0.717, 1.165) is 11.1 Å². The van der Waals surface area contributed by atoms with Crippen LogP contribution >= 0.6 is 0 Å². The van der Waals surface area contributed by atoms with Crippen molar-refractivity contribution in [3.63, 3.8) is 0 Å². The number of ether oxygens (including phenoxy) is 1. The molecule has 0 saturated carbocycles. The number of hydrogen-bond acceptors (Lipinski definition) is 4. The molecular formula is C23H28N2O5. The summed E-state index contributed by atoms with van der Waals surface area (Å²) in [5.41, 5.74) is 1.65. The van der Waals surface area contributed by atoms with E-state index in [1.165, 1.54) is 0 Å². The van der Waals surface area contributed by atoms with Gasteiger partial charge in [0, 0.05) is 6.42 Å². The Morgan fingerprint density at radius 3 is 2.03 bits per heavy atom. The van der Waals surface area contributed by atoms with E-state index in [1.807, 2.05) is 67.6 Å². The van der Waals surface area contributed by atoms with Crippen LogP contribution in [0.3, 0.4) is 0 Å². The lowest BCUT2D eigenvalue weighted by atomic mass is 9.98. The van der Waals surface area contributed by atoms with Gasteiger partial charge in [0.1, 0.15) is 18.7 Å². The van der Waals surface area contributed by atoms with Crippen molar-refractivity contribution in [2.75, 3.05) is 0 Å². The van der Waals surface area contributed by atoms with Gasteiger partial charge in [0.25, 0.3) is 0 Å². The van der Waals surface area contributed by atoms with E-state index in [9.17, 15) is 19.5 Å². The molecule has 0 spiro atoms. The van der Waals surface area contributed by atoms with E-state index >= 15 is 0 Å². The SMILES string of the molecule is CC[C@H](C)[C@@H](NC(=O)[C@@H](Cc1ccccc1)NC(=O)OCc1ccccc1)C(=O)O. The zero-order valence-electron chi connectivity index (χ0n) is 17.2. The first kappa shape index (κ1) is 22.9. The molecule has 0 bridgehead atoms.